The van der Waals surface area contributed by atoms with Gasteiger partial charge in [0, 0.05) is 6.54 Å². The van der Waals surface area contributed by atoms with E-state index in [1.165, 1.54) is 5.56 Å². The summed E-state index contributed by atoms with van der Waals surface area (Å²) in [5, 5.41) is 21.4. The SMILES string of the molecule is CCCn1nnnc1CN1CCC(c2ccc(O)cc2)CC1. The number of tetrazole rings is 1. The fraction of sp³-hybridized carbons (Fsp3) is 0.562. The number of piperidine rings is 1. The normalized spacial score (nSPS) is 17.0. The van der Waals surface area contributed by atoms with Crippen LogP contribution >= 0.6 is 0 Å². The summed E-state index contributed by atoms with van der Waals surface area (Å²) in [6, 6.07) is 7.64. The second kappa shape index (κ2) is 6.87. The van der Waals surface area contributed by atoms with Crippen LogP contribution in [0.1, 0.15) is 43.5 Å². The smallest absolute Gasteiger partial charge is 0.165 e. The number of aromatic nitrogens is 4. The Morgan fingerprint density at radius 1 is 1.18 bits per heavy atom. The van der Waals surface area contributed by atoms with E-state index in [0.717, 1.165) is 51.3 Å². The maximum absolute atomic E-state index is 9.38. The lowest BCUT2D eigenvalue weighted by Crippen LogP contribution is -2.33. The lowest BCUT2D eigenvalue weighted by Gasteiger charge is -2.31. The molecule has 1 aliphatic heterocycles. The van der Waals surface area contributed by atoms with Crippen LogP contribution in [0.4, 0.5) is 0 Å². The Hall–Kier alpha value is -1.95. The summed E-state index contributed by atoms with van der Waals surface area (Å²) in [5.74, 6) is 1.89. The predicted octanol–water partition coefficient (Wildman–Crippen LogP) is 2.17. The van der Waals surface area contributed by atoms with Crippen LogP contribution in [0.3, 0.4) is 0 Å². The van der Waals surface area contributed by atoms with Gasteiger partial charge in [0.15, 0.2) is 5.82 Å². The molecule has 1 aromatic heterocycles. The number of phenolic OH excluding ortho intramolecular Hbond substituents is 1. The topological polar surface area (TPSA) is 67.1 Å². The Kier molecular flexibility index (Phi) is 4.68. The quantitative estimate of drug-likeness (QED) is 0.916. The number of hydrogen-bond donors (Lipinski definition) is 1. The summed E-state index contributed by atoms with van der Waals surface area (Å²) >= 11 is 0. The molecule has 0 unspecified atom stereocenters. The third kappa shape index (κ3) is 3.44. The Bertz CT molecular complexity index is 587. The molecule has 2 aromatic rings. The van der Waals surface area contributed by atoms with E-state index in [1.807, 2.05) is 16.8 Å². The molecule has 1 aliphatic rings. The van der Waals surface area contributed by atoms with Crippen LogP contribution in [0.15, 0.2) is 24.3 Å². The number of nitrogens with zero attached hydrogens (tertiary/aromatic N) is 5. The van der Waals surface area contributed by atoms with Crippen molar-refractivity contribution in [2.24, 2.45) is 0 Å². The molecule has 22 heavy (non-hydrogen) atoms. The average Bonchev–Trinajstić information content (AvgIpc) is 2.97. The summed E-state index contributed by atoms with van der Waals surface area (Å²) in [4.78, 5) is 2.43. The number of benzene rings is 1. The molecule has 1 fully saturated rings. The van der Waals surface area contributed by atoms with Crippen LogP contribution in [-0.4, -0.2) is 43.3 Å². The number of aromatic hydroxyl groups is 1. The van der Waals surface area contributed by atoms with Gasteiger partial charge in [0.05, 0.1) is 6.54 Å². The minimum absolute atomic E-state index is 0.337. The summed E-state index contributed by atoms with van der Waals surface area (Å²) < 4.78 is 1.91. The molecule has 0 bridgehead atoms. The van der Waals surface area contributed by atoms with Crippen molar-refractivity contribution in [2.75, 3.05) is 13.1 Å². The van der Waals surface area contributed by atoms with Gasteiger partial charge in [0.2, 0.25) is 0 Å². The third-order valence-electron chi connectivity index (χ3n) is 4.36. The first-order chi connectivity index (χ1) is 10.8. The Morgan fingerprint density at radius 3 is 2.59 bits per heavy atom. The number of phenols is 1. The first-order valence-electron chi connectivity index (χ1n) is 8.02. The Balaban J connectivity index is 1.55. The fourth-order valence-corrected chi connectivity index (χ4v) is 3.09. The van der Waals surface area contributed by atoms with Gasteiger partial charge in [-0.3, -0.25) is 4.90 Å². The van der Waals surface area contributed by atoms with Crippen molar-refractivity contribution in [3.8, 4) is 5.75 Å². The van der Waals surface area contributed by atoms with Gasteiger partial charge < -0.3 is 5.11 Å². The molecular formula is C16H23N5O. The first kappa shape index (κ1) is 15.0. The summed E-state index contributed by atoms with van der Waals surface area (Å²) in [7, 11) is 0. The number of rotatable bonds is 5. The van der Waals surface area contributed by atoms with E-state index in [4.69, 9.17) is 0 Å². The Labute approximate surface area is 130 Å². The van der Waals surface area contributed by atoms with Crippen molar-refractivity contribution in [3.05, 3.63) is 35.7 Å². The minimum atomic E-state index is 0.337. The molecule has 3 rings (SSSR count). The molecule has 0 amide bonds. The van der Waals surface area contributed by atoms with Crippen LogP contribution in [0, 0.1) is 0 Å². The van der Waals surface area contributed by atoms with Crippen molar-refractivity contribution in [3.63, 3.8) is 0 Å². The van der Waals surface area contributed by atoms with Crippen LogP contribution in [0.25, 0.3) is 0 Å². The molecule has 6 nitrogen and oxygen atoms in total. The summed E-state index contributed by atoms with van der Waals surface area (Å²) in [6.07, 6.45) is 3.32. The molecule has 118 valence electrons. The lowest BCUT2D eigenvalue weighted by atomic mass is 9.89. The highest BCUT2D eigenvalue weighted by Crippen LogP contribution is 2.29. The minimum Gasteiger partial charge on any atom is -0.508 e. The van der Waals surface area contributed by atoms with E-state index in [1.54, 1.807) is 12.1 Å². The standard InChI is InChI=1S/C16H23N5O/c1-2-9-21-16(17-18-19-21)12-20-10-7-14(8-11-20)13-3-5-15(22)6-4-13/h3-6,14,22H,2,7-12H2,1H3. The van der Waals surface area contributed by atoms with E-state index in [0.29, 0.717) is 11.7 Å². The zero-order valence-electron chi connectivity index (χ0n) is 13.0. The highest BCUT2D eigenvalue weighted by molar-refractivity contribution is 5.28. The van der Waals surface area contributed by atoms with E-state index in [9.17, 15) is 5.11 Å². The molecule has 1 saturated heterocycles. The number of hydrogen-bond acceptors (Lipinski definition) is 5. The molecule has 0 saturated carbocycles. The maximum Gasteiger partial charge on any atom is 0.165 e. The maximum atomic E-state index is 9.38. The van der Waals surface area contributed by atoms with E-state index < -0.39 is 0 Å². The van der Waals surface area contributed by atoms with Gasteiger partial charge in [0.25, 0.3) is 0 Å². The van der Waals surface area contributed by atoms with Crippen LogP contribution < -0.4 is 0 Å². The highest BCUT2D eigenvalue weighted by atomic mass is 16.3. The van der Waals surface area contributed by atoms with Gasteiger partial charge in [-0.25, -0.2) is 4.68 Å². The third-order valence-corrected chi connectivity index (χ3v) is 4.36. The van der Waals surface area contributed by atoms with Crippen molar-refractivity contribution in [2.45, 2.75) is 45.2 Å². The lowest BCUT2D eigenvalue weighted by molar-refractivity contribution is 0.197. The van der Waals surface area contributed by atoms with Crippen LogP contribution in [-0.2, 0) is 13.1 Å². The zero-order chi connectivity index (χ0) is 15.4. The van der Waals surface area contributed by atoms with Gasteiger partial charge in [-0.2, -0.15) is 0 Å². The molecule has 0 aliphatic carbocycles. The van der Waals surface area contributed by atoms with Gasteiger partial charge in [0.1, 0.15) is 5.75 Å². The zero-order valence-corrected chi connectivity index (χ0v) is 13.0. The van der Waals surface area contributed by atoms with Gasteiger partial charge >= 0.3 is 0 Å². The van der Waals surface area contributed by atoms with Crippen LogP contribution in [0.2, 0.25) is 0 Å². The Morgan fingerprint density at radius 2 is 1.91 bits per heavy atom. The first-order valence-corrected chi connectivity index (χ1v) is 8.02. The molecule has 1 aromatic carbocycles. The molecule has 0 spiro atoms. The van der Waals surface area contributed by atoms with Crippen molar-refractivity contribution < 1.29 is 5.11 Å². The van der Waals surface area contributed by atoms with Crippen LogP contribution in [0.5, 0.6) is 5.75 Å². The molecule has 0 atom stereocenters. The highest BCUT2D eigenvalue weighted by Gasteiger charge is 2.22. The second-order valence-corrected chi connectivity index (χ2v) is 5.96. The van der Waals surface area contributed by atoms with Gasteiger partial charge in [-0.05, 0) is 66.4 Å². The summed E-state index contributed by atoms with van der Waals surface area (Å²) in [5.41, 5.74) is 1.33. The van der Waals surface area contributed by atoms with Gasteiger partial charge in [-0.1, -0.05) is 19.1 Å². The largest absolute Gasteiger partial charge is 0.508 e. The van der Waals surface area contributed by atoms with E-state index in [-0.39, 0.29) is 0 Å². The summed E-state index contributed by atoms with van der Waals surface area (Å²) in [6.45, 7) is 5.96. The van der Waals surface area contributed by atoms with Crippen molar-refractivity contribution in [1.29, 1.82) is 0 Å². The average molecular weight is 301 g/mol. The predicted molar refractivity (Wildman–Crippen MR) is 83.5 cm³/mol. The van der Waals surface area contributed by atoms with Gasteiger partial charge in [-0.15, -0.1) is 5.10 Å². The van der Waals surface area contributed by atoms with Crippen molar-refractivity contribution >= 4 is 0 Å². The van der Waals surface area contributed by atoms with E-state index >= 15 is 0 Å². The number of aryl methyl sites for hydroxylation is 1. The number of likely N-dealkylation sites (tertiary alicyclic amines) is 1. The van der Waals surface area contributed by atoms with Crippen molar-refractivity contribution in [1.82, 2.24) is 25.1 Å². The second-order valence-electron chi connectivity index (χ2n) is 5.96. The van der Waals surface area contributed by atoms with E-state index in [2.05, 4.69) is 27.3 Å². The monoisotopic (exact) mass is 301 g/mol. The fourth-order valence-electron chi connectivity index (χ4n) is 3.09. The molecule has 2 heterocycles. The molecule has 6 heteroatoms. The molecule has 0 radical (unpaired) electrons. The molecule has 1 N–H and O–H groups in total. The molecular weight excluding hydrogens is 278 g/mol.